The lowest BCUT2D eigenvalue weighted by Crippen LogP contribution is -2.42. The topological polar surface area (TPSA) is 118 Å². The summed E-state index contributed by atoms with van der Waals surface area (Å²) >= 11 is 0.901. The molecule has 3 N–H and O–H groups in total. The zero-order valence-corrected chi connectivity index (χ0v) is 13.0. The largest absolute Gasteiger partial charge is 0.477 e. The smallest absolute Gasteiger partial charge is 0.347 e. The van der Waals surface area contributed by atoms with Crippen LogP contribution in [0.1, 0.15) is 28.1 Å². The molecular weight excluding hydrogens is 316 g/mol. The SMILES string of the molecule is Cc1csc(C(=O)O)c1S(=O)(=O)N1CCC(C(N)=O)CC1. The Morgan fingerprint density at radius 3 is 2.43 bits per heavy atom. The third-order valence-electron chi connectivity index (χ3n) is 3.57. The van der Waals surface area contributed by atoms with E-state index < -0.39 is 21.9 Å². The molecule has 0 aliphatic carbocycles. The molecule has 0 unspecified atom stereocenters. The fourth-order valence-electron chi connectivity index (χ4n) is 2.41. The first kappa shape index (κ1) is 15.9. The molecule has 1 aromatic rings. The van der Waals surface area contributed by atoms with Crippen LogP contribution >= 0.6 is 11.3 Å². The molecule has 1 aliphatic rings. The van der Waals surface area contributed by atoms with E-state index in [9.17, 15) is 18.0 Å². The Morgan fingerprint density at radius 2 is 1.95 bits per heavy atom. The fourth-order valence-corrected chi connectivity index (χ4v) is 5.46. The Labute approximate surface area is 126 Å². The van der Waals surface area contributed by atoms with Gasteiger partial charge in [0.25, 0.3) is 0 Å². The van der Waals surface area contributed by atoms with Crippen molar-refractivity contribution in [2.45, 2.75) is 24.7 Å². The molecule has 2 rings (SSSR count). The second-order valence-electron chi connectivity index (χ2n) is 4.96. The van der Waals surface area contributed by atoms with Gasteiger partial charge < -0.3 is 10.8 Å². The number of carboxylic acids is 1. The van der Waals surface area contributed by atoms with E-state index in [1.807, 2.05) is 0 Å². The van der Waals surface area contributed by atoms with Crippen molar-refractivity contribution in [3.8, 4) is 0 Å². The lowest BCUT2D eigenvalue weighted by molar-refractivity contribution is -0.122. The van der Waals surface area contributed by atoms with Crippen LogP contribution in [0, 0.1) is 12.8 Å². The van der Waals surface area contributed by atoms with Crippen molar-refractivity contribution in [1.29, 1.82) is 0 Å². The molecule has 1 aromatic heterocycles. The molecule has 1 amide bonds. The molecule has 7 nitrogen and oxygen atoms in total. The number of aromatic carboxylic acids is 1. The van der Waals surface area contributed by atoms with Crippen LogP contribution in [0.15, 0.2) is 10.3 Å². The average molecular weight is 332 g/mol. The zero-order valence-electron chi connectivity index (χ0n) is 11.4. The lowest BCUT2D eigenvalue weighted by Gasteiger charge is -2.29. The number of hydrogen-bond donors (Lipinski definition) is 2. The Morgan fingerprint density at radius 1 is 1.38 bits per heavy atom. The highest BCUT2D eigenvalue weighted by Crippen LogP contribution is 2.31. The van der Waals surface area contributed by atoms with Crippen molar-refractivity contribution in [2.75, 3.05) is 13.1 Å². The van der Waals surface area contributed by atoms with Crippen molar-refractivity contribution < 1.29 is 23.1 Å². The summed E-state index contributed by atoms with van der Waals surface area (Å²) in [4.78, 5) is 22.0. The van der Waals surface area contributed by atoms with E-state index in [0.29, 0.717) is 18.4 Å². The lowest BCUT2D eigenvalue weighted by atomic mass is 9.98. The Balaban J connectivity index is 2.30. The van der Waals surface area contributed by atoms with Gasteiger partial charge in [0.2, 0.25) is 15.9 Å². The molecular formula is C12H16N2O5S2. The molecule has 0 aromatic carbocycles. The molecule has 0 atom stereocenters. The maximum absolute atomic E-state index is 12.6. The molecule has 9 heteroatoms. The summed E-state index contributed by atoms with van der Waals surface area (Å²) in [5.74, 6) is -2.00. The highest BCUT2D eigenvalue weighted by Gasteiger charge is 2.35. The third kappa shape index (κ3) is 2.94. The van der Waals surface area contributed by atoms with Crippen molar-refractivity contribution in [3.05, 3.63) is 15.8 Å². The Bertz CT molecular complexity index is 672. The molecule has 0 radical (unpaired) electrons. The summed E-state index contributed by atoms with van der Waals surface area (Å²) in [6, 6.07) is 0. The summed E-state index contributed by atoms with van der Waals surface area (Å²) in [7, 11) is -3.86. The van der Waals surface area contributed by atoms with Gasteiger partial charge in [-0.25, -0.2) is 13.2 Å². The maximum atomic E-state index is 12.6. The van der Waals surface area contributed by atoms with Crippen molar-refractivity contribution >= 4 is 33.2 Å². The van der Waals surface area contributed by atoms with Crippen molar-refractivity contribution in [2.24, 2.45) is 11.7 Å². The molecule has 1 aliphatic heterocycles. The van der Waals surface area contributed by atoms with E-state index in [-0.39, 0.29) is 28.8 Å². The van der Waals surface area contributed by atoms with E-state index in [4.69, 9.17) is 10.8 Å². The van der Waals surface area contributed by atoms with Crippen LogP contribution in [-0.2, 0) is 14.8 Å². The molecule has 2 heterocycles. The van der Waals surface area contributed by atoms with Crippen LogP contribution < -0.4 is 5.73 Å². The quantitative estimate of drug-likeness (QED) is 0.839. The summed E-state index contributed by atoms with van der Waals surface area (Å²) in [6.45, 7) is 1.92. The first-order valence-corrected chi connectivity index (χ1v) is 8.68. The minimum atomic E-state index is -3.86. The predicted octanol–water partition coefficient (Wildman–Crippen LogP) is 0.641. The summed E-state index contributed by atoms with van der Waals surface area (Å²) in [6.07, 6.45) is 0.723. The molecule has 0 saturated carbocycles. The summed E-state index contributed by atoms with van der Waals surface area (Å²) in [5.41, 5.74) is 5.65. The number of carbonyl (C=O) groups excluding carboxylic acids is 1. The van der Waals surface area contributed by atoms with Gasteiger partial charge in [-0.2, -0.15) is 4.31 Å². The number of carbonyl (C=O) groups is 2. The zero-order chi connectivity index (χ0) is 15.8. The van der Waals surface area contributed by atoms with Crippen LogP contribution in [-0.4, -0.2) is 42.8 Å². The van der Waals surface area contributed by atoms with Gasteiger partial charge in [-0.3, -0.25) is 4.79 Å². The fraction of sp³-hybridized carbons (Fsp3) is 0.500. The van der Waals surface area contributed by atoms with Gasteiger partial charge in [-0.15, -0.1) is 11.3 Å². The number of hydrogen-bond acceptors (Lipinski definition) is 5. The highest BCUT2D eigenvalue weighted by molar-refractivity contribution is 7.89. The number of thiophene rings is 1. The number of piperidine rings is 1. The van der Waals surface area contributed by atoms with Gasteiger partial charge >= 0.3 is 5.97 Å². The first-order chi connectivity index (χ1) is 9.75. The number of nitrogens with two attached hydrogens (primary N) is 1. The minimum absolute atomic E-state index is 0.141. The van der Waals surface area contributed by atoms with Crippen LogP contribution in [0.5, 0.6) is 0 Å². The predicted molar refractivity (Wildman–Crippen MR) is 76.7 cm³/mol. The van der Waals surface area contributed by atoms with Gasteiger partial charge in [0, 0.05) is 19.0 Å². The van der Waals surface area contributed by atoms with Crippen molar-refractivity contribution in [1.82, 2.24) is 4.31 Å². The van der Waals surface area contributed by atoms with E-state index >= 15 is 0 Å². The summed E-state index contributed by atoms with van der Waals surface area (Å²) in [5, 5.41) is 10.6. The average Bonchev–Trinajstić information content (AvgIpc) is 2.81. The Kier molecular flexibility index (Phi) is 4.35. The number of primary amides is 1. The number of aryl methyl sites for hydroxylation is 1. The molecule has 1 saturated heterocycles. The van der Waals surface area contributed by atoms with E-state index in [0.717, 1.165) is 11.3 Å². The standard InChI is InChI=1S/C12H16N2O5S2/c1-7-6-20-9(12(16)17)10(7)21(18,19)14-4-2-8(3-5-14)11(13)15/h6,8H,2-5H2,1H3,(H2,13,15)(H,16,17). The maximum Gasteiger partial charge on any atom is 0.347 e. The van der Waals surface area contributed by atoms with Gasteiger partial charge in [0.05, 0.1) is 0 Å². The normalized spacial score (nSPS) is 17.8. The molecule has 0 spiro atoms. The molecule has 21 heavy (non-hydrogen) atoms. The van der Waals surface area contributed by atoms with E-state index in [1.165, 1.54) is 9.69 Å². The number of rotatable bonds is 4. The number of carboxylic acid groups (broad SMARTS) is 1. The van der Waals surface area contributed by atoms with Crippen molar-refractivity contribution in [3.63, 3.8) is 0 Å². The van der Waals surface area contributed by atoms with Gasteiger partial charge in [0.15, 0.2) is 0 Å². The van der Waals surface area contributed by atoms with Gasteiger partial charge in [-0.05, 0) is 30.7 Å². The van der Waals surface area contributed by atoms with Crippen LogP contribution in [0.4, 0.5) is 0 Å². The van der Waals surface area contributed by atoms with Crippen LogP contribution in [0.3, 0.4) is 0 Å². The first-order valence-electron chi connectivity index (χ1n) is 6.36. The van der Waals surface area contributed by atoms with E-state index in [1.54, 1.807) is 6.92 Å². The minimum Gasteiger partial charge on any atom is -0.477 e. The van der Waals surface area contributed by atoms with Gasteiger partial charge in [-0.1, -0.05) is 0 Å². The molecule has 0 bridgehead atoms. The second-order valence-corrected chi connectivity index (χ2v) is 7.72. The summed E-state index contributed by atoms with van der Waals surface area (Å²) < 4.78 is 26.5. The Hall–Kier alpha value is -1.45. The number of sulfonamides is 1. The van der Waals surface area contributed by atoms with Gasteiger partial charge in [0.1, 0.15) is 9.77 Å². The molecule has 1 fully saturated rings. The van der Waals surface area contributed by atoms with Crippen LogP contribution in [0.25, 0.3) is 0 Å². The number of nitrogens with zero attached hydrogens (tertiary/aromatic N) is 1. The highest BCUT2D eigenvalue weighted by atomic mass is 32.2. The second kappa shape index (κ2) is 5.74. The number of amides is 1. The third-order valence-corrected chi connectivity index (χ3v) is 6.87. The van der Waals surface area contributed by atoms with Crippen LogP contribution in [0.2, 0.25) is 0 Å². The van der Waals surface area contributed by atoms with E-state index in [2.05, 4.69) is 0 Å². The molecule has 116 valence electrons. The monoisotopic (exact) mass is 332 g/mol.